The Morgan fingerprint density at radius 2 is 1.97 bits per heavy atom. The van der Waals surface area contributed by atoms with Gasteiger partial charge in [0.05, 0.1) is 31.4 Å². The molecule has 3 aromatic rings. The van der Waals surface area contributed by atoms with Crippen molar-refractivity contribution in [2.24, 2.45) is 0 Å². The Bertz CT molecular complexity index is 1280. The molecule has 0 saturated carbocycles. The highest BCUT2D eigenvalue weighted by Crippen LogP contribution is 2.38. The highest BCUT2D eigenvalue weighted by Gasteiger charge is 2.34. The number of methoxy groups -OCH3 is 1. The quantitative estimate of drug-likeness (QED) is 0.242. The second-order valence-corrected chi connectivity index (χ2v) is 8.76. The van der Waals surface area contributed by atoms with E-state index in [-0.39, 0.29) is 42.8 Å². The molecule has 6 nitrogen and oxygen atoms in total. The number of anilines is 1. The van der Waals surface area contributed by atoms with Gasteiger partial charge in [0.2, 0.25) is 0 Å². The van der Waals surface area contributed by atoms with Gasteiger partial charge in [-0.3, -0.25) is 4.79 Å². The average Bonchev–Trinajstić information content (AvgIpc) is 3.24. The smallest absolute Gasteiger partial charge is 0.419 e. The Kier molecular flexibility index (Phi) is 7.85. The van der Waals surface area contributed by atoms with Crippen LogP contribution in [0.2, 0.25) is 0 Å². The minimum atomic E-state index is -4.61. The van der Waals surface area contributed by atoms with Crippen molar-refractivity contribution in [2.75, 3.05) is 25.6 Å². The van der Waals surface area contributed by atoms with E-state index in [0.717, 1.165) is 36.1 Å². The third kappa shape index (κ3) is 6.31. The molecule has 37 heavy (non-hydrogen) atoms. The minimum Gasteiger partial charge on any atom is -0.494 e. The van der Waals surface area contributed by atoms with Crippen LogP contribution in [0.3, 0.4) is 0 Å². The predicted molar refractivity (Wildman–Crippen MR) is 130 cm³/mol. The Morgan fingerprint density at radius 3 is 2.68 bits per heavy atom. The number of aryl methyl sites for hydroxylation is 1. The summed E-state index contributed by atoms with van der Waals surface area (Å²) >= 11 is 0. The number of rotatable bonds is 10. The molecule has 0 aliphatic heterocycles. The van der Waals surface area contributed by atoms with Gasteiger partial charge in [0.25, 0.3) is 0 Å². The number of hydrogen-bond acceptors (Lipinski definition) is 5. The highest BCUT2D eigenvalue weighted by molar-refractivity contribution is 5.68. The molecule has 1 heterocycles. The molecule has 2 N–H and O–H groups in total. The molecule has 4 rings (SSSR count). The maximum atomic E-state index is 14.1. The Balaban J connectivity index is 1.38. The van der Waals surface area contributed by atoms with Gasteiger partial charge >= 0.3 is 12.1 Å². The summed E-state index contributed by atoms with van der Waals surface area (Å²) in [5.41, 5.74) is 1.68. The summed E-state index contributed by atoms with van der Waals surface area (Å²) in [4.78, 5) is 15.1. The zero-order chi connectivity index (χ0) is 26.6. The third-order valence-electron chi connectivity index (χ3n) is 6.27. The van der Waals surface area contributed by atoms with Crippen LogP contribution in [0.1, 0.15) is 41.9 Å². The minimum absolute atomic E-state index is 0.00579. The summed E-state index contributed by atoms with van der Waals surface area (Å²) in [6.45, 7) is 0.428. The number of ether oxygens (including phenoxy) is 2. The molecule has 1 aliphatic carbocycles. The number of alkyl halides is 3. The van der Waals surface area contributed by atoms with Crippen molar-refractivity contribution in [2.45, 2.75) is 37.8 Å². The summed E-state index contributed by atoms with van der Waals surface area (Å²) in [6, 6.07) is 11.8. The molecule has 1 atom stereocenters. The van der Waals surface area contributed by atoms with E-state index in [1.165, 1.54) is 25.3 Å². The molecule has 1 aliphatic rings. The van der Waals surface area contributed by atoms with Crippen LogP contribution in [0.4, 0.5) is 23.4 Å². The number of aliphatic carboxylic acids is 1. The number of pyridine rings is 1. The van der Waals surface area contributed by atoms with Gasteiger partial charge in [0.15, 0.2) is 11.6 Å². The lowest BCUT2D eigenvalue weighted by molar-refractivity contribution is -0.138. The van der Waals surface area contributed by atoms with E-state index >= 15 is 0 Å². The van der Waals surface area contributed by atoms with E-state index in [4.69, 9.17) is 14.6 Å². The molecular weight excluding hydrogens is 492 g/mol. The van der Waals surface area contributed by atoms with Gasteiger partial charge in [-0.2, -0.15) is 13.2 Å². The summed E-state index contributed by atoms with van der Waals surface area (Å²) in [5.74, 6) is -1.15. The van der Waals surface area contributed by atoms with Crippen molar-refractivity contribution in [3.05, 3.63) is 71.0 Å². The molecule has 0 amide bonds. The monoisotopic (exact) mass is 518 g/mol. The summed E-state index contributed by atoms with van der Waals surface area (Å²) < 4.78 is 65.3. The van der Waals surface area contributed by atoms with Crippen LogP contribution in [-0.4, -0.2) is 36.3 Å². The lowest BCUT2D eigenvalue weighted by atomic mass is 9.98. The summed E-state index contributed by atoms with van der Waals surface area (Å²) in [5, 5.41) is 11.8. The summed E-state index contributed by atoms with van der Waals surface area (Å²) in [7, 11) is 1.32. The summed E-state index contributed by atoms with van der Waals surface area (Å²) in [6.07, 6.45) is -2.54. The third-order valence-corrected chi connectivity index (χ3v) is 6.27. The molecule has 0 unspecified atom stereocenters. The lowest BCUT2D eigenvalue weighted by Crippen LogP contribution is -2.15. The van der Waals surface area contributed by atoms with Crippen LogP contribution in [0.25, 0.3) is 11.3 Å². The van der Waals surface area contributed by atoms with Crippen LogP contribution >= 0.6 is 0 Å². The molecule has 2 aromatic carbocycles. The Hall–Kier alpha value is -3.82. The van der Waals surface area contributed by atoms with Crippen LogP contribution in [0, 0.1) is 5.82 Å². The van der Waals surface area contributed by atoms with Gasteiger partial charge in [-0.1, -0.05) is 6.07 Å². The van der Waals surface area contributed by atoms with E-state index in [0.29, 0.717) is 17.7 Å². The number of aromatic nitrogens is 1. The number of carbonyl (C=O) groups is 1. The molecule has 10 heteroatoms. The molecule has 0 radical (unpaired) electrons. The van der Waals surface area contributed by atoms with Gasteiger partial charge in [-0.15, -0.1) is 0 Å². The first kappa shape index (κ1) is 26.2. The van der Waals surface area contributed by atoms with Gasteiger partial charge in [0, 0.05) is 12.1 Å². The first-order valence-electron chi connectivity index (χ1n) is 11.8. The Labute approximate surface area is 211 Å². The van der Waals surface area contributed by atoms with E-state index in [2.05, 4.69) is 10.3 Å². The van der Waals surface area contributed by atoms with E-state index < -0.39 is 23.5 Å². The van der Waals surface area contributed by atoms with Gasteiger partial charge in [-0.05, 0) is 78.8 Å². The fourth-order valence-corrected chi connectivity index (χ4v) is 4.47. The Morgan fingerprint density at radius 1 is 1.16 bits per heavy atom. The van der Waals surface area contributed by atoms with Crippen LogP contribution in [0.15, 0.2) is 48.5 Å². The number of nitrogens with zero attached hydrogens (tertiary/aromatic N) is 1. The second-order valence-electron chi connectivity index (χ2n) is 8.76. The number of halogens is 4. The van der Waals surface area contributed by atoms with Crippen LogP contribution < -0.4 is 14.8 Å². The normalized spacial score (nSPS) is 14.8. The van der Waals surface area contributed by atoms with Gasteiger partial charge in [-0.25, -0.2) is 9.37 Å². The molecule has 0 fully saturated rings. The number of carboxylic acids is 1. The lowest BCUT2D eigenvalue weighted by Gasteiger charge is -2.16. The first-order chi connectivity index (χ1) is 17.7. The van der Waals surface area contributed by atoms with Crippen molar-refractivity contribution in [1.82, 2.24) is 4.98 Å². The van der Waals surface area contributed by atoms with Crippen molar-refractivity contribution in [1.29, 1.82) is 0 Å². The zero-order valence-corrected chi connectivity index (χ0v) is 20.1. The number of carboxylic acid groups (broad SMARTS) is 1. The van der Waals surface area contributed by atoms with Crippen molar-refractivity contribution in [3.63, 3.8) is 0 Å². The molecule has 0 bridgehead atoms. The highest BCUT2D eigenvalue weighted by atomic mass is 19.4. The average molecular weight is 519 g/mol. The van der Waals surface area contributed by atoms with Crippen LogP contribution in [0.5, 0.6) is 11.5 Å². The topological polar surface area (TPSA) is 80.7 Å². The van der Waals surface area contributed by atoms with Crippen molar-refractivity contribution >= 4 is 11.8 Å². The first-order valence-corrected chi connectivity index (χ1v) is 11.8. The SMILES string of the molecule is COc1ccc(-c2ccc(C(F)(F)F)c(NCCCOc3ccc4c(c3)CC[C@H]4CC(=O)O)n2)cc1F. The predicted octanol–water partition coefficient (Wildman–Crippen LogP) is 6.30. The molecule has 1 aromatic heterocycles. The maximum absolute atomic E-state index is 14.1. The molecule has 0 saturated heterocycles. The van der Waals surface area contributed by atoms with E-state index in [1.54, 1.807) is 6.07 Å². The molecule has 0 spiro atoms. The molecule has 196 valence electrons. The van der Waals surface area contributed by atoms with Crippen molar-refractivity contribution < 1.29 is 36.9 Å². The zero-order valence-electron chi connectivity index (χ0n) is 20.1. The second kappa shape index (κ2) is 11.1. The number of hydrogen-bond donors (Lipinski definition) is 2. The van der Waals surface area contributed by atoms with Crippen molar-refractivity contribution in [3.8, 4) is 22.8 Å². The fraction of sp³-hybridized carbons (Fsp3) is 0.333. The standard InChI is InChI=1S/C27H26F4N2O4/c1-36-24-10-5-18(14-22(24)28)23-9-8-21(27(29,30)31)26(33-23)32-11-2-12-37-19-6-7-20-16(13-19)3-4-17(20)15-25(34)35/h5-10,13-14,17H,2-4,11-12,15H2,1H3,(H,32,33)(H,34,35)/t17-/m0/s1. The number of nitrogens with one attached hydrogen (secondary N) is 1. The fourth-order valence-electron chi connectivity index (χ4n) is 4.47. The number of fused-ring (bicyclic) bond motifs is 1. The van der Waals surface area contributed by atoms with E-state index in [9.17, 15) is 22.4 Å². The van der Waals surface area contributed by atoms with E-state index in [1.807, 2.05) is 12.1 Å². The van der Waals surface area contributed by atoms with Gasteiger partial charge in [0.1, 0.15) is 11.6 Å². The largest absolute Gasteiger partial charge is 0.494 e. The van der Waals surface area contributed by atoms with Gasteiger partial charge < -0.3 is 19.9 Å². The number of benzene rings is 2. The van der Waals surface area contributed by atoms with Crippen LogP contribution in [-0.2, 0) is 17.4 Å². The maximum Gasteiger partial charge on any atom is 0.419 e. The molecular formula is C27H26F4N2O4.